The Morgan fingerprint density at radius 2 is 1.81 bits per heavy atom. The third kappa shape index (κ3) is 2.34. The molecule has 0 unspecified atom stereocenters. The molecule has 6 heteroatoms. The summed E-state index contributed by atoms with van der Waals surface area (Å²) in [7, 11) is 0. The number of nitrogens with zero attached hydrogens (tertiary/aromatic N) is 2. The lowest BCUT2D eigenvalue weighted by molar-refractivity contribution is -0.384. The van der Waals surface area contributed by atoms with Gasteiger partial charge in [0.05, 0.1) is 10.8 Å². The number of benzene rings is 3. The predicted octanol–water partition coefficient (Wildman–Crippen LogP) is 3.97. The maximum Gasteiger partial charge on any atom is 0.269 e. The Kier molecular flexibility index (Phi) is 3.55. The standard InChI is InChI=1S/C20H13N3O3/c21-11-16-18(13-5-8-14(9-6-13)23(24)25)19-15-4-2-1-3-12(15)7-10-17(19)26-20(16)22/h1-10,18H,22H2/t18-/m1/s1. The van der Waals surface area contributed by atoms with Crippen LogP contribution >= 0.6 is 0 Å². The molecular formula is C20H13N3O3. The molecule has 0 saturated carbocycles. The highest BCUT2D eigenvalue weighted by atomic mass is 16.6. The van der Waals surface area contributed by atoms with E-state index in [1.165, 1.54) is 12.1 Å². The van der Waals surface area contributed by atoms with Gasteiger partial charge in [-0.05, 0) is 22.4 Å². The largest absolute Gasteiger partial charge is 0.440 e. The van der Waals surface area contributed by atoms with Crippen molar-refractivity contribution in [1.82, 2.24) is 0 Å². The van der Waals surface area contributed by atoms with Gasteiger partial charge in [0.2, 0.25) is 5.88 Å². The van der Waals surface area contributed by atoms with Crippen molar-refractivity contribution in [1.29, 1.82) is 5.26 Å². The van der Waals surface area contributed by atoms with Gasteiger partial charge in [-0.2, -0.15) is 5.26 Å². The third-order valence-electron chi connectivity index (χ3n) is 4.55. The zero-order valence-corrected chi connectivity index (χ0v) is 13.5. The van der Waals surface area contributed by atoms with Crippen molar-refractivity contribution < 1.29 is 9.66 Å². The van der Waals surface area contributed by atoms with Crippen LogP contribution in [0.3, 0.4) is 0 Å². The van der Waals surface area contributed by atoms with E-state index >= 15 is 0 Å². The van der Waals surface area contributed by atoms with Crippen LogP contribution in [0.25, 0.3) is 10.8 Å². The van der Waals surface area contributed by atoms with Crippen molar-refractivity contribution in [2.75, 3.05) is 0 Å². The molecule has 0 amide bonds. The molecule has 1 aliphatic rings. The van der Waals surface area contributed by atoms with E-state index in [4.69, 9.17) is 10.5 Å². The maximum atomic E-state index is 10.9. The van der Waals surface area contributed by atoms with E-state index in [9.17, 15) is 15.4 Å². The number of rotatable bonds is 2. The van der Waals surface area contributed by atoms with E-state index in [1.54, 1.807) is 12.1 Å². The van der Waals surface area contributed by atoms with Crippen LogP contribution in [0.4, 0.5) is 5.69 Å². The second-order valence-electron chi connectivity index (χ2n) is 5.97. The van der Waals surface area contributed by atoms with Crippen LogP contribution in [0.5, 0.6) is 5.75 Å². The first-order chi connectivity index (χ1) is 12.6. The summed E-state index contributed by atoms with van der Waals surface area (Å²) in [6, 6.07) is 19.9. The first-order valence-corrected chi connectivity index (χ1v) is 7.93. The SMILES string of the molecule is N#CC1=C(N)Oc2ccc3ccccc3c2[C@@H]1c1ccc([N+](=O)[O-])cc1. The van der Waals surface area contributed by atoms with Gasteiger partial charge < -0.3 is 10.5 Å². The summed E-state index contributed by atoms with van der Waals surface area (Å²) < 4.78 is 5.68. The van der Waals surface area contributed by atoms with E-state index in [0.29, 0.717) is 11.3 Å². The smallest absolute Gasteiger partial charge is 0.269 e. The van der Waals surface area contributed by atoms with Crippen molar-refractivity contribution in [3.63, 3.8) is 0 Å². The molecule has 0 aliphatic carbocycles. The van der Waals surface area contributed by atoms with Crippen molar-refractivity contribution in [2.45, 2.75) is 5.92 Å². The van der Waals surface area contributed by atoms with Gasteiger partial charge >= 0.3 is 0 Å². The number of ether oxygens (including phenoxy) is 1. The van der Waals surface area contributed by atoms with Gasteiger partial charge in [0.1, 0.15) is 17.4 Å². The van der Waals surface area contributed by atoms with E-state index in [1.807, 2.05) is 36.4 Å². The molecule has 1 atom stereocenters. The van der Waals surface area contributed by atoms with Gasteiger partial charge in [0, 0.05) is 17.7 Å². The fraction of sp³-hybridized carbons (Fsp3) is 0.0500. The molecule has 6 nitrogen and oxygen atoms in total. The summed E-state index contributed by atoms with van der Waals surface area (Å²) in [6.45, 7) is 0. The highest BCUT2D eigenvalue weighted by Crippen LogP contribution is 2.45. The van der Waals surface area contributed by atoms with Crippen LogP contribution in [0, 0.1) is 21.4 Å². The molecule has 126 valence electrons. The van der Waals surface area contributed by atoms with Gasteiger partial charge in [0.25, 0.3) is 5.69 Å². The predicted molar refractivity (Wildman–Crippen MR) is 96.3 cm³/mol. The second kappa shape index (κ2) is 5.90. The molecule has 0 aromatic heterocycles. The summed E-state index contributed by atoms with van der Waals surface area (Å²) in [4.78, 5) is 10.5. The minimum atomic E-state index is -0.452. The number of nitriles is 1. The number of nitro benzene ring substituents is 1. The van der Waals surface area contributed by atoms with Crippen LogP contribution in [-0.4, -0.2) is 4.92 Å². The normalized spacial score (nSPS) is 15.9. The summed E-state index contributed by atoms with van der Waals surface area (Å²) in [5.74, 6) is 0.192. The Morgan fingerprint density at radius 1 is 1.08 bits per heavy atom. The van der Waals surface area contributed by atoms with Crippen molar-refractivity contribution in [3.8, 4) is 11.8 Å². The lowest BCUT2D eigenvalue weighted by atomic mass is 9.81. The number of nitro groups is 1. The molecule has 0 fully saturated rings. The average Bonchev–Trinajstić information content (AvgIpc) is 2.66. The van der Waals surface area contributed by atoms with Gasteiger partial charge in [-0.15, -0.1) is 0 Å². The van der Waals surface area contributed by atoms with E-state index in [0.717, 1.165) is 21.9 Å². The van der Waals surface area contributed by atoms with Crippen LogP contribution in [0.1, 0.15) is 17.0 Å². The molecule has 26 heavy (non-hydrogen) atoms. The molecule has 3 aromatic rings. The number of allylic oxidation sites excluding steroid dienone is 1. The molecule has 4 rings (SSSR count). The summed E-state index contributed by atoms with van der Waals surface area (Å²) in [5, 5.41) is 22.6. The summed E-state index contributed by atoms with van der Waals surface area (Å²) in [5.41, 5.74) is 7.85. The molecule has 0 saturated heterocycles. The second-order valence-corrected chi connectivity index (χ2v) is 5.97. The van der Waals surface area contributed by atoms with E-state index in [2.05, 4.69) is 6.07 Å². The summed E-state index contributed by atoms with van der Waals surface area (Å²) in [6.07, 6.45) is 0. The van der Waals surface area contributed by atoms with Crippen LogP contribution in [0.2, 0.25) is 0 Å². The molecular weight excluding hydrogens is 330 g/mol. The topological polar surface area (TPSA) is 102 Å². The number of non-ortho nitro benzene ring substituents is 1. The Balaban J connectivity index is 1.99. The monoisotopic (exact) mass is 343 g/mol. The number of hydrogen-bond acceptors (Lipinski definition) is 5. The molecule has 3 aromatic carbocycles. The van der Waals surface area contributed by atoms with Gasteiger partial charge in [-0.1, -0.05) is 42.5 Å². The highest BCUT2D eigenvalue weighted by molar-refractivity contribution is 5.90. The average molecular weight is 343 g/mol. The molecule has 1 heterocycles. The first-order valence-electron chi connectivity index (χ1n) is 7.93. The van der Waals surface area contributed by atoms with Crippen molar-refractivity contribution in [2.24, 2.45) is 5.73 Å². The Morgan fingerprint density at radius 3 is 2.50 bits per heavy atom. The minimum absolute atomic E-state index is 0.00517. The fourth-order valence-corrected chi connectivity index (χ4v) is 3.36. The molecule has 0 spiro atoms. The van der Waals surface area contributed by atoms with Crippen LogP contribution < -0.4 is 10.5 Å². The first kappa shape index (κ1) is 15.7. The van der Waals surface area contributed by atoms with E-state index in [-0.39, 0.29) is 11.6 Å². The molecule has 1 aliphatic heterocycles. The minimum Gasteiger partial charge on any atom is -0.440 e. The Bertz CT molecular complexity index is 1110. The zero-order chi connectivity index (χ0) is 18.3. The maximum absolute atomic E-state index is 10.9. The summed E-state index contributed by atoms with van der Waals surface area (Å²) >= 11 is 0. The Hall–Kier alpha value is -3.85. The van der Waals surface area contributed by atoms with E-state index < -0.39 is 10.8 Å². The quantitative estimate of drug-likeness (QED) is 0.560. The van der Waals surface area contributed by atoms with Gasteiger partial charge in [0.15, 0.2) is 0 Å². The third-order valence-corrected chi connectivity index (χ3v) is 4.55. The number of nitrogens with two attached hydrogens (primary N) is 1. The number of fused-ring (bicyclic) bond motifs is 3. The molecule has 2 N–H and O–H groups in total. The Labute approximate surface area is 148 Å². The molecule has 0 radical (unpaired) electrons. The van der Waals surface area contributed by atoms with Crippen LogP contribution in [0.15, 0.2) is 72.1 Å². The molecule has 0 bridgehead atoms. The van der Waals surface area contributed by atoms with Crippen molar-refractivity contribution >= 4 is 16.5 Å². The van der Waals surface area contributed by atoms with Crippen molar-refractivity contribution in [3.05, 3.63) is 93.4 Å². The van der Waals surface area contributed by atoms with Crippen LogP contribution in [-0.2, 0) is 0 Å². The van der Waals surface area contributed by atoms with Gasteiger partial charge in [-0.3, -0.25) is 10.1 Å². The lowest BCUT2D eigenvalue weighted by Crippen LogP contribution is -2.21. The lowest BCUT2D eigenvalue weighted by Gasteiger charge is -2.27. The fourth-order valence-electron chi connectivity index (χ4n) is 3.36. The highest BCUT2D eigenvalue weighted by Gasteiger charge is 2.32. The number of hydrogen-bond donors (Lipinski definition) is 1. The van der Waals surface area contributed by atoms with Gasteiger partial charge in [-0.25, -0.2) is 0 Å². The zero-order valence-electron chi connectivity index (χ0n) is 13.5.